The average Bonchev–Trinajstić information content (AvgIpc) is 2.46. The molecule has 1 aromatic heterocycles. The number of carbonyl (C=O) groups excluding carboxylic acids is 1. The minimum Gasteiger partial charge on any atom is -0.481 e. The van der Waals surface area contributed by atoms with Gasteiger partial charge in [0.25, 0.3) is 5.91 Å². The minimum atomic E-state index is -0.949. The van der Waals surface area contributed by atoms with E-state index in [-0.39, 0.29) is 18.1 Å². The van der Waals surface area contributed by atoms with Crippen LogP contribution in [0.5, 0.6) is 0 Å². The third kappa shape index (κ3) is 3.16. The third-order valence-electron chi connectivity index (χ3n) is 3.46. The summed E-state index contributed by atoms with van der Waals surface area (Å²) < 4.78 is 5.77. The molecule has 1 amide bonds. The standard InChI is InChI=1S/C13H15BrN2O4/c14-9-2-1-5-15-10(9)11(17)16-8-13(12(18)19)3-6-20-7-4-13/h1-2,5H,3-4,6-8H2,(H,16,17)(H,18,19). The number of rotatable bonds is 4. The molecule has 108 valence electrons. The Kier molecular flexibility index (Phi) is 4.72. The van der Waals surface area contributed by atoms with Gasteiger partial charge in [-0.2, -0.15) is 0 Å². The Hall–Kier alpha value is -1.47. The summed E-state index contributed by atoms with van der Waals surface area (Å²) in [6.45, 7) is 0.873. The van der Waals surface area contributed by atoms with Gasteiger partial charge in [0.05, 0.1) is 5.41 Å². The molecule has 6 nitrogen and oxygen atoms in total. The molecule has 1 aliphatic heterocycles. The summed E-state index contributed by atoms with van der Waals surface area (Å²) in [5, 5.41) is 12.1. The number of halogens is 1. The van der Waals surface area contributed by atoms with E-state index in [1.807, 2.05) is 0 Å². The fraction of sp³-hybridized carbons (Fsp3) is 0.462. The van der Waals surface area contributed by atoms with Gasteiger partial charge in [-0.25, -0.2) is 4.98 Å². The van der Waals surface area contributed by atoms with E-state index < -0.39 is 11.4 Å². The molecule has 2 heterocycles. The van der Waals surface area contributed by atoms with Crippen LogP contribution in [-0.2, 0) is 9.53 Å². The highest BCUT2D eigenvalue weighted by Crippen LogP contribution is 2.30. The maximum atomic E-state index is 12.0. The number of hydrogen-bond donors (Lipinski definition) is 2. The van der Waals surface area contributed by atoms with Crippen LogP contribution in [0.15, 0.2) is 22.8 Å². The number of ether oxygens (including phenoxy) is 1. The van der Waals surface area contributed by atoms with Crippen molar-refractivity contribution in [3.05, 3.63) is 28.5 Å². The van der Waals surface area contributed by atoms with E-state index in [0.717, 1.165) is 0 Å². The Labute approximate surface area is 124 Å². The molecule has 1 saturated heterocycles. The lowest BCUT2D eigenvalue weighted by molar-refractivity contribution is -0.154. The van der Waals surface area contributed by atoms with Crippen molar-refractivity contribution < 1.29 is 19.4 Å². The number of carboxylic acid groups (broad SMARTS) is 1. The lowest BCUT2D eigenvalue weighted by atomic mass is 9.80. The van der Waals surface area contributed by atoms with E-state index in [1.165, 1.54) is 6.20 Å². The van der Waals surface area contributed by atoms with Gasteiger partial charge in [-0.05, 0) is 40.9 Å². The van der Waals surface area contributed by atoms with Crippen molar-refractivity contribution in [3.63, 3.8) is 0 Å². The summed E-state index contributed by atoms with van der Waals surface area (Å²) in [5.74, 6) is -1.29. The number of aromatic nitrogens is 1. The number of hydrogen-bond acceptors (Lipinski definition) is 4. The van der Waals surface area contributed by atoms with Crippen LogP contribution in [0.3, 0.4) is 0 Å². The molecule has 7 heteroatoms. The van der Waals surface area contributed by atoms with Crippen LogP contribution >= 0.6 is 15.9 Å². The van der Waals surface area contributed by atoms with Gasteiger partial charge in [0.1, 0.15) is 5.69 Å². The predicted molar refractivity (Wildman–Crippen MR) is 74.4 cm³/mol. The first kappa shape index (κ1) is 14.9. The molecule has 0 unspecified atom stereocenters. The Bertz CT molecular complexity index is 515. The zero-order chi connectivity index (χ0) is 14.6. The van der Waals surface area contributed by atoms with Crippen LogP contribution < -0.4 is 5.32 Å². The molecular formula is C13H15BrN2O4. The average molecular weight is 343 g/mol. The molecule has 2 N–H and O–H groups in total. The molecular weight excluding hydrogens is 328 g/mol. The fourth-order valence-electron chi connectivity index (χ4n) is 2.11. The van der Waals surface area contributed by atoms with Gasteiger partial charge in [-0.1, -0.05) is 0 Å². The second-order valence-corrected chi connectivity index (χ2v) is 5.57. The van der Waals surface area contributed by atoms with Gasteiger partial charge in [-0.15, -0.1) is 0 Å². The third-order valence-corrected chi connectivity index (χ3v) is 4.10. The van der Waals surface area contributed by atoms with Crippen molar-refractivity contribution in [2.24, 2.45) is 5.41 Å². The quantitative estimate of drug-likeness (QED) is 0.864. The van der Waals surface area contributed by atoms with Crippen molar-refractivity contribution in [3.8, 4) is 0 Å². The maximum Gasteiger partial charge on any atom is 0.311 e. The van der Waals surface area contributed by atoms with E-state index in [9.17, 15) is 14.7 Å². The molecule has 2 rings (SSSR count). The van der Waals surface area contributed by atoms with Crippen LogP contribution in [0.2, 0.25) is 0 Å². The monoisotopic (exact) mass is 342 g/mol. The summed E-state index contributed by atoms with van der Waals surface area (Å²) in [5.41, 5.74) is -0.699. The van der Waals surface area contributed by atoms with Crippen LogP contribution in [0.4, 0.5) is 0 Å². The molecule has 20 heavy (non-hydrogen) atoms. The molecule has 0 aliphatic carbocycles. The van der Waals surface area contributed by atoms with Gasteiger partial charge >= 0.3 is 5.97 Å². The highest BCUT2D eigenvalue weighted by atomic mass is 79.9. The van der Waals surface area contributed by atoms with E-state index in [2.05, 4.69) is 26.2 Å². The zero-order valence-electron chi connectivity index (χ0n) is 10.8. The SMILES string of the molecule is O=C(NCC1(C(=O)O)CCOCC1)c1ncccc1Br. The highest BCUT2D eigenvalue weighted by Gasteiger charge is 2.40. The molecule has 1 fully saturated rings. The van der Waals surface area contributed by atoms with Gasteiger partial charge in [0.2, 0.25) is 0 Å². The maximum absolute atomic E-state index is 12.0. The van der Waals surface area contributed by atoms with Crippen molar-refractivity contribution in [2.45, 2.75) is 12.8 Å². The number of carboxylic acids is 1. The van der Waals surface area contributed by atoms with Crippen LogP contribution in [0.1, 0.15) is 23.3 Å². The molecule has 0 radical (unpaired) electrons. The largest absolute Gasteiger partial charge is 0.481 e. The number of nitrogens with zero attached hydrogens (tertiary/aromatic N) is 1. The first-order chi connectivity index (χ1) is 9.55. The normalized spacial score (nSPS) is 17.4. The summed E-state index contributed by atoms with van der Waals surface area (Å²) in [7, 11) is 0. The Morgan fingerprint density at radius 2 is 2.15 bits per heavy atom. The smallest absolute Gasteiger partial charge is 0.311 e. The van der Waals surface area contributed by atoms with Crippen molar-refractivity contribution in [1.82, 2.24) is 10.3 Å². The molecule has 0 atom stereocenters. The second kappa shape index (κ2) is 6.32. The van der Waals surface area contributed by atoms with Gasteiger partial charge < -0.3 is 15.2 Å². The Balaban J connectivity index is 2.05. The van der Waals surface area contributed by atoms with Crippen LogP contribution in [0, 0.1) is 5.41 Å². The fourth-order valence-corrected chi connectivity index (χ4v) is 2.55. The topological polar surface area (TPSA) is 88.5 Å². The Morgan fingerprint density at radius 3 is 2.75 bits per heavy atom. The number of aliphatic carboxylic acids is 1. The van der Waals surface area contributed by atoms with Crippen LogP contribution in [-0.4, -0.2) is 41.7 Å². The molecule has 0 spiro atoms. The van der Waals surface area contributed by atoms with Gasteiger partial charge in [-0.3, -0.25) is 9.59 Å². The van der Waals surface area contributed by atoms with E-state index in [4.69, 9.17) is 4.74 Å². The zero-order valence-corrected chi connectivity index (χ0v) is 12.4. The molecule has 0 bridgehead atoms. The minimum absolute atomic E-state index is 0.0769. The van der Waals surface area contributed by atoms with Crippen molar-refractivity contribution in [2.75, 3.05) is 19.8 Å². The number of pyridine rings is 1. The van der Waals surface area contributed by atoms with Crippen molar-refractivity contribution in [1.29, 1.82) is 0 Å². The molecule has 1 aliphatic rings. The summed E-state index contributed by atoms with van der Waals surface area (Å²) in [6.07, 6.45) is 2.30. The predicted octanol–water partition coefficient (Wildman–Crippen LogP) is 1.46. The number of amides is 1. The summed E-state index contributed by atoms with van der Waals surface area (Å²) in [6, 6.07) is 3.42. The highest BCUT2D eigenvalue weighted by molar-refractivity contribution is 9.10. The lowest BCUT2D eigenvalue weighted by Crippen LogP contribution is -2.46. The second-order valence-electron chi connectivity index (χ2n) is 4.71. The van der Waals surface area contributed by atoms with E-state index >= 15 is 0 Å². The number of carbonyl (C=O) groups is 2. The Morgan fingerprint density at radius 1 is 1.45 bits per heavy atom. The molecule has 0 aromatic carbocycles. The van der Waals surface area contributed by atoms with Gasteiger partial charge in [0.15, 0.2) is 0 Å². The summed E-state index contributed by atoms with van der Waals surface area (Å²) >= 11 is 3.25. The first-order valence-corrected chi connectivity index (χ1v) is 7.04. The molecule has 1 aromatic rings. The number of nitrogens with one attached hydrogen (secondary N) is 1. The molecule has 0 saturated carbocycles. The summed E-state index contributed by atoms with van der Waals surface area (Å²) in [4.78, 5) is 27.5. The van der Waals surface area contributed by atoms with Crippen LogP contribution in [0.25, 0.3) is 0 Å². The van der Waals surface area contributed by atoms with E-state index in [1.54, 1.807) is 12.1 Å². The van der Waals surface area contributed by atoms with Gasteiger partial charge in [0, 0.05) is 30.4 Å². The van der Waals surface area contributed by atoms with E-state index in [0.29, 0.717) is 30.5 Å². The van der Waals surface area contributed by atoms with Crippen molar-refractivity contribution >= 4 is 27.8 Å². The lowest BCUT2D eigenvalue weighted by Gasteiger charge is -2.33. The first-order valence-electron chi connectivity index (χ1n) is 6.25.